The van der Waals surface area contributed by atoms with Gasteiger partial charge < -0.3 is 10.1 Å². The lowest BCUT2D eigenvalue weighted by Crippen LogP contribution is -2.47. The van der Waals surface area contributed by atoms with Crippen LogP contribution in [0.25, 0.3) is 0 Å². The van der Waals surface area contributed by atoms with Gasteiger partial charge in [0.05, 0.1) is 0 Å². The summed E-state index contributed by atoms with van der Waals surface area (Å²) in [7, 11) is 0. The van der Waals surface area contributed by atoms with Crippen LogP contribution in [0.3, 0.4) is 0 Å². The highest BCUT2D eigenvalue weighted by Gasteiger charge is 2.29. The molecule has 0 aromatic rings. The molecule has 0 bridgehead atoms. The van der Waals surface area contributed by atoms with E-state index >= 15 is 0 Å². The van der Waals surface area contributed by atoms with Crippen molar-refractivity contribution in [3.05, 3.63) is 0 Å². The van der Waals surface area contributed by atoms with Gasteiger partial charge in [-0.1, -0.05) is 13.3 Å². The van der Waals surface area contributed by atoms with E-state index in [9.17, 15) is 0 Å². The quantitative estimate of drug-likeness (QED) is 0.722. The first-order valence-corrected chi connectivity index (χ1v) is 5.72. The van der Waals surface area contributed by atoms with Gasteiger partial charge >= 0.3 is 0 Å². The van der Waals surface area contributed by atoms with Crippen molar-refractivity contribution in [3.63, 3.8) is 0 Å². The average molecular weight is 183 g/mol. The summed E-state index contributed by atoms with van der Waals surface area (Å²) in [5.74, 6) is 1.01. The van der Waals surface area contributed by atoms with Crippen molar-refractivity contribution in [3.8, 4) is 0 Å². The maximum absolute atomic E-state index is 5.34. The molecular weight excluding hydrogens is 162 g/mol. The van der Waals surface area contributed by atoms with Gasteiger partial charge in [-0.2, -0.15) is 0 Å². The van der Waals surface area contributed by atoms with E-state index in [1.54, 1.807) is 0 Å². The smallest absolute Gasteiger partial charge is 0.0480 e. The van der Waals surface area contributed by atoms with E-state index in [1.165, 1.54) is 32.1 Å². The highest BCUT2D eigenvalue weighted by Crippen LogP contribution is 2.30. The summed E-state index contributed by atoms with van der Waals surface area (Å²) in [6.07, 6.45) is 6.62. The van der Waals surface area contributed by atoms with E-state index in [0.29, 0.717) is 0 Å². The van der Waals surface area contributed by atoms with Gasteiger partial charge in [0.2, 0.25) is 0 Å². The van der Waals surface area contributed by atoms with E-state index in [-0.39, 0.29) is 0 Å². The molecule has 0 aromatic carbocycles. The predicted molar refractivity (Wildman–Crippen MR) is 53.8 cm³/mol. The summed E-state index contributed by atoms with van der Waals surface area (Å²) in [4.78, 5) is 0. The summed E-state index contributed by atoms with van der Waals surface area (Å²) >= 11 is 0. The zero-order valence-electron chi connectivity index (χ0n) is 8.59. The van der Waals surface area contributed by atoms with E-state index in [0.717, 1.165) is 31.2 Å². The zero-order valence-corrected chi connectivity index (χ0v) is 8.59. The van der Waals surface area contributed by atoms with Crippen molar-refractivity contribution in [2.45, 2.75) is 51.1 Å². The van der Waals surface area contributed by atoms with Crippen LogP contribution in [-0.4, -0.2) is 25.3 Å². The fourth-order valence-electron chi connectivity index (χ4n) is 2.40. The number of rotatable bonds is 3. The fourth-order valence-corrected chi connectivity index (χ4v) is 2.40. The molecule has 13 heavy (non-hydrogen) atoms. The van der Waals surface area contributed by atoms with Gasteiger partial charge in [0.25, 0.3) is 0 Å². The topological polar surface area (TPSA) is 21.3 Å². The highest BCUT2D eigenvalue weighted by molar-refractivity contribution is 4.87. The summed E-state index contributed by atoms with van der Waals surface area (Å²) in [5.41, 5.74) is 0. The van der Waals surface area contributed by atoms with E-state index in [1.807, 2.05) is 0 Å². The molecule has 0 atom stereocenters. The molecule has 1 saturated heterocycles. The fraction of sp³-hybridized carbons (Fsp3) is 1.00. The molecule has 76 valence electrons. The summed E-state index contributed by atoms with van der Waals surface area (Å²) in [5, 5.41) is 3.74. The van der Waals surface area contributed by atoms with E-state index in [2.05, 4.69) is 12.2 Å². The minimum Gasteiger partial charge on any atom is -0.381 e. The molecule has 1 saturated carbocycles. The van der Waals surface area contributed by atoms with Gasteiger partial charge in [-0.15, -0.1) is 0 Å². The van der Waals surface area contributed by atoms with Crippen molar-refractivity contribution < 1.29 is 4.74 Å². The SMILES string of the molecule is CCC1CC(NC2CCOCC2)C1. The van der Waals surface area contributed by atoms with Crippen LogP contribution in [0, 0.1) is 5.92 Å². The van der Waals surface area contributed by atoms with Crippen molar-refractivity contribution in [2.24, 2.45) is 5.92 Å². The lowest BCUT2D eigenvalue weighted by Gasteiger charge is -2.39. The van der Waals surface area contributed by atoms with E-state index < -0.39 is 0 Å². The first-order chi connectivity index (χ1) is 6.38. The molecule has 1 heterocycles. The average Bonchev–Trinajstić information content (AvgIpc) is 2.12. The standard InChI is InChI=1S/C11H21NO/c1-2-9-7-11(8-9)12-10-3-5-13-6-4-10/h9-12H,2-8H2,1H3. The lowest BCUT2D eigenvalue weighted by molar-refractivity contribution is 0.0662. The molecule has 1 N–H and O–H groups in total. The first kappa shape index (κ1) is 9.47. The Morgan fingerprint density at radius 2 is 1.85 bits per heavy atom. The maximum Gasteiger partial charge on any atom is 0.0480 e. The van der Waals surface area contributed by atoms with Crippen molar-refractivity contribution in [1.29, 1.82) is 0 Å². The monoisotopic (exact) mass is 183 g/mol. The number of hydrogen-bond acceptors (Lipinski definition) is 2. The summed E-state index contributed by atoms with van der Waals surface area (Å²) < 4.78 is 5.34. The summed E-state index contributed by atoms with van der Waals surface area (Å²) in [6.45, 7) is 4.22. The molecule has 0 amide bonds. The van der Waals surface area contributed by atoms with Gasteiger partial charge in [0, 0.05) is 25.3 Å². The Kier molecular flexibility index (Phi) is 3.23. The second-order valence-electron chi connectivity index (χ2n) is 4.50. The second-order valence-corrected chi connectivity index (χ2v) is 4.50. The van der Waals surface area contributed by atoms with Gasteiger partial charge in [-0.25, -0.2) is 0 Å². The first-order valence-electron chi connectivity index (χ1n) is 5.72. The van der Waals surface area contributed by atoms with Gasteiger partial charge in [-0.05, 0) is 31.6 Å². The molecule has 0 spiro atoms. The molecule has 2 aliphatic rings. The number of ether oxygens (including phenoxy) is 1. The molecule has 1 aliphatic heterocycles. The Labute approximate surface area is 81.0 Å². The van der Waals surface area contributed by atoms with Gasteiger partial charge in [0.15, 0.2) is 0 Å². The van der Waals surface area contributed by atoms with Crippen LogP contribution in [0.15, 0.2) is 0 Å². The van der Waals surface area contributed by atoms with E-state index in [4.69, 9.17) is 4.74 Å². The number of nitrogens with one attached hydrogen (secondary N) is 1. The Hall–Kier alpha value is -0.0800. The normalized spacial score (nSPS) is 35.8. The molecule has 0 radical (unpaired) electrons. The zero-order chi connectivity index (χ0) is 9.10. The van der Waals surface area contributed by atoms with Crippen LogP contribution in [0.2, 0.25) is 0 Å². The Morgan fingerprint density at radius 3 is 2.46 bits per heavy atom. The second kappa shape index (κ2) is 4.43. The largest absolute Gasteiger partial charge is 0.381 e. The predicted octanol–water partition coefficient (Wildman–Crippen LogP) is 1.94. The van der Waals surface area contributed by atoms with Crippen molar-refractivity contribution in [1.82, 2.24) is 5.32 Å². The third-order valence-corrected chi connectivity index (χ3v) is 3.51. The molecule has 1 aliphatic carbocycles. The minimum atomic E-state index is 0.747. The summed E-state index contributed by atoms with van der Waals surface area (Å²) in [6, 6.07) is 1.57. The van der Waals surface area contributed by atoms with Crippen LogP contribution < -0.4 is 5.32 Å². The maximum atomic E-state index is 5.34. The Bertz CT molecular complexity index is 148. The van der Waals surface area contributed by atoms with Crippen LogP contribution in [0.5, 0.6) is 0 Å². The molecule has 2 rings (SSSR count). The Balaban J connectivity index is 1.62. The highest BCUT2D eigenvalue weighted by atomic mass is 16.5. The number of hydrogen-bond donors (Lipinski definition) is 1. The molecule has 0 unspecified atom stereocenters. The van der Waals surface area contributed by atoms with Crippen LogP contribution in [0.1, 0.15) is 39.0 Å². The molecule has 2 fully saturated rings. The van der Waals surface area contributed by atoms with Crippen molar-refractivity contribution >= 4 is 0 Å². The van der Waals surface area contributed by atoms with Crippen LogP contribution in [0.4, 0.5) is 0 Å². The Morgan fingerprint density at radius 1 is 1.15 bits per heavy atom. The van der Waals surface area contributed by atoms with Crippen LogP contribution in [-0.2, 0) is 4.74 Å². The minimum absolute atomic E-state index is 0.747. The third kappa shape index (κ3) is 2.44. The molecule has 2 nitrogen and oxygen atoms in total. The van der Waals surface area contributed by atoms with Gasteiger partial charge in [-0.3, -0.25) is 0 Å². The lowest BCUT2D eigenvalue weighted by atomic mass is 9.78. The van der Waals surface area contributed by atoms with Gasteiger partial charge in [0.1, 0.15) is 0 Å². The van der Waals surface area contributed by atoms with Crippen LogP contribution >= 0.6 is 0 Å². The molecule has 2 heteroatoms. The molecule has 0 aromatic heterocycles. The molecular formula is C11H21NO. The van der Waals surface area contributed by atoms with Crippen molar-refractivity contribution in [2.75, 3.05) is 13.2 Å². The third-order valence-electron chi connectivity index (χ3n) is 3.51.